The van der Waals surface area contributed by atoms with Crippen LogP contribution in [0.4, 0.5) is 0 Å². The van der Waals surface area contributed by atoms with E-state index < -0.39 is 0 Å². The molecule has 0 saturated carbocycles. The molecule has 1 atom stereocenters. The Kier molecular flexibility index (Phi) is 4.82. The molecule has 4 heterocycles. The summed E-state index contributed by atoms with van der Waals surface area (Å²) >= 11 is 0. The quantitative estimate of drug-likeness (QED) is 0.794. The van der Waals surface area contributed by atoms with E-state index in [2.05, 4.69) is 15.1 Å². The third-order valence-electron chi connectivity index (χ3n) is 5.19. The fourth-order valence-corrected chi connectivity index (χ4v) is 3.85. The summed E-state index contributed by atoms with van der Waals surface area (Å²) in [6.45, 7) is 6.23. The van der Waals surface area contributed by atoms with E-state index in [1.54, 1.807) is 30.3 Å². The lowest BCUT2D eigenvalue weighted by atomic mass is 9.79. The highest BCUT2D eigenvalue weighted by Gasteiger charge is 2.49. The smallest absolute Gasteiger partial charge is 0.292 e. The Labute approximate surface area is 157 Å². The van der Waals surface area contributed by atoms with Crippen molar-refractivity contribution in [3.63, 3.8) is 0 Å². The average molecular weight is 372 g/mol. The first-order valence-corrected chi connectivity index (χ1v) is 9.31. The van der Waals surface area contributed by atoms with E-state index in [0.29, 0.717) is 42.9 Å². The van der Waals surface area contributed by atoms with Crippen LogP contribution >= 0.6 is 0 Å². The minimum atomic E-state index is -0.225. The van der Waals surface area contributed by atoms with Crippen LogP contribution in [0.5, 0.6) is 5.88 Å². The zero-order valence-corrected chi connectivity index (χ0v) is 15.7. The maximum Gasteiger partial charge on any atom is 0.292 e. The van der Waals surface area contributed by atoms with E-state index in [4.69, 9.17) is 14.0 Å². The molecule has 0 unspecified atom stereocenters. The molecule has 2 aliphatic heterocycles. The third-order valence-corrected chi connectivity index (χ3v) is 5.19. The molecule has 2 fully saturated rings. The topological polar surface area (TPSA) is 90.6 Å². The third kappa shape index (κ3) is 3.95. The number of likely N-dealkylation sites (tertiary alicyclic amines) is 1. The van der Waals surface area contributed by atoms with Crippen molar-refractivity contribution >= 4 is 5.91 Å². The number of aryl methyl sites for hydroxylation is 2. The summed E-state index contributed by atoms with van der Waals surface area (Å²) in [6, 6.07) is 1.67. The van der Waals surface area contributed by atoms with Crippen LogP contribution in [0.25, 0.3) is 0 Å². The first-order valence-electron chi connectivity index (χ1n) is 9.31. The van der Waals surface area contributed by atoms with Gasteiger partial charge in [0.25, 0.3) is 5.91 Å². The second kappa shape index (κ2) is 7.26. The van der Waals surface area contributed by atoms with Gasteiger partial charge in [-0.2, -0.15) is 0 Å². The first kappa shape index (κ1) is 17.9. The molecule has 0 N–H and O–H groups in total. The SMILES string of the molecule is Cc1cc(C(=O)N2CC3(C[C@H](CCOc4cncc(C)n4)CCO3)C2)on1. The average Bonchev–Trinajstić information content (AvgIpc) is 3.06. The molecule has 2 aliphatic rings. The van der Waals surface area contributed by atoms with Crippen LogP contribution in [0.15, 0.2) is 23.0 Å². The lowest BCUT2D eigenvalue weighted by molar-refractivity contribution is -0.167. The summed E-state index contributed by atoms with van der Waals surface area (Å²) in [5, 5.41) is 3.78. The molecule has 0 aliphatic carbocycles. The van der Waals surface area contributed by atoms with Gasteiger partial charge >= 0.3 is 0 Å². The summed E-state index contributed by atoms with van der Waals surface area (Å²) in [5.74, 6) is 1.26. The number of carbonyl (C=O) groups excluding carboxylic acids is 1. The van der Waals surface area contributed by atoms with Crippen molar-refractivity contribution in [1.82, 2.24) is 20.0 Å². The van der Waals surface area contributed by atoms with Gasteiger partial charge in [-0.05, 0) is 39.0 Å². The number of aromatic nitrogens is 3. The van der Waals surface area contributed by atoms with Crippen LogP contribution < -0.4 is 4.74 Å². The van der Waals surface area contributed by atoms with Crippen molar-refractivity contribution in [3.8, 4) is 5.88 Å². The number of rotatable bonds is 5. The fourth-order valence-electron chi connectivity index (χ4n) is 3.85. The molecule has 4 rings (SSSR count). The summed E-state index contributed by atoms with van der Waals surface area (Å²) in [6.07, 6.45) is 6.24. The van der Waals surface area contributed by atoms with Gasteiger partial charge in [-0.25, -0.2) is 4.98 Å². The number of carbonyl (C=O) groups is 1. The van der Waals surface area contributed by atoms with E-state index in [9.17, 15) is 4.79 Å². The van der Waals surface area contributed by atoms with Crippen LogP contribution in [-0.2, 0) is 4.74 Å². The van der Waals surface area contributed by atoms with Gasteiger partial charge in [-0.3, -0.25) is 9.78 Å². The van der Waals surface area contributed by atoms with Crippen LogP contribution in [0, 0.1) is 19.8 Å². The molecule has 8 nitrogen and oxygen atoms in total. The molecule has 0 radical (unpaired) electrons. The van der Waals surface area contributed by atoms with Gasteiger partial charge in [-0.1, -0.05) is 5.16 Å². The molecule has 2 saturated heterocycles. The van der Waals surface area contributed by atoms with Crippen LogP contribution in [0.1, 0.15) is 41.2 Å². The lowest BCUT2D eigenvalue weighted by Crippen LogP contribution is -2.66. The predicted octanol–water partition coefficient (Wildman–Crippen LogP) is 2.17. The second-order valence-electron chi connectivity index (χ2n) is 7.52. The van der Waals surface area contributed by atoms with E-state index in [1.165, 1.54) is 0 Å². The maximum absolute atomic E-state index is 12.4. The van der Waals surface area contributed by atoms with Crippen molar-refractivity contribution < 1.29 is 18.8 Å². The van der Waals surface area contributed by atoms with Gasteiger partial charge in [0.15, 0.2) is 0 Å². The van der Waals surface area contributed by atoms with Crippen LogP contribution in [-0.4, -0.2) is 57.8 Å². The molecule has 0 aromatic carbocycles. The monoisotopic (exact) mass is 372 g/mol. The number of nitrogens with zero attached hydrogens (tertiary/aromatic N) is 4. The van der Waals surface area contributed by atoms with Gasteiger partial charge in [0, 0.05) is 18.9 Å². The molecule has 0 bridgehead atoms. The number of hydrogen-bond acceptors (Lipinski definition) is 7. The highest BCUT2D eigenvalue weighted by Crippen LogP contribution is 2.38. The largest absolute Gasteiger partial charge is 0.477 e. The van der Waals surface area contributed by atoms with Gasteiger partial charge in [0.05, 0.1) is 37.3 Å². The number of amides is 1. The molecule has 2 aromatic rings. The van der Waals surface area contributed by atoms with E-state index in [-0.39, 0.29) is 11.5 Å². The maximum atomic E-state index is 12.4. The molecule has 144 valence electrons. The van der Waals surface area contributed by atoms with E-state index >= 15 is 0 Å². The minimum absolute atomic E-state index is 0.117. The Morgan fingerprint density at radius 1 is 1.33 bits per heavy atom. The normalized spacial score (nSPS) is 21.1. The Hall–Kier alpha value is -2.48. The molecular weight excluding hydrogens is 348 g/mol. The van der Waals surface area contributed by atoms with Crippen molar-refractivity contribution in [2.24, 2.45) is 5.92 Å². The van der Waals surface area contributed by atoms with Crippen molar-refractivity contribution in [2.75, 3.05) is 26.3 Å². The highest BCUT2D eigenvalue weighted by atomic mass is 16.5. The summed E-state index contributed by atoms with van der Waals surface area (Å²) < 4.78 is 16.8. The molecule has 27 heavy (non-hydrogen) atoms. The second-order valence-corrected chi connectivity index (χ2v) is 7.52. The lowest BCUT2D eigenvalue weighted by Gasteiger charge is -2.52. The van der Waals surface area contributed by atoms with Gasteiger partial charge < -0.3 is 18.9 Å². The highest BCUT2D eigenvalue weighted by molar-refractivity contribution is 5.92. The summed E-state index contributed by atoms with van der Waals surface area (Å²) in [4.78, 5) is 22.6. The Balaban J connectivity index is 1.26. The standard InChI is InChI=1S/C19H24N4O4/c1-13-7-16(27-22-13)18(24)23-11-19(12-23)8-15(4-6-26-19)3-5-25-17-10-20-9-14(2)21-17/h7,9-10,15H,3-6,8,11-12H2,1-2H3/t15-/m1/s1. The summed E-state index contributed by atoms with van der Waals surface area (Å²) in [5.41, 5.74) is 1.33. The van der Waals surface area contributed by atoms with E-state index in [0.717, 1.165) is 31.6 Å². The van der Waals surface area contributed by atoms with E-state index in [1.807, 2.05) is 6.92 Å². The van der Waals surface area contributed by atoms with Crippen LogP contribution in [0.2, 0.25) is 0 Å². The molecule has 1 amide bonds. The van der Waals surface area contributed by atoms with Crippen molar-refractivity contribution in [2.45, 2.75) is 38.7 Å². The van der Waals surface area contributed by atoms with Gasteiger partial charge in [0.1, 0.15) is 5.60 Å². The number of hydrogen-bond donors (Lipinski definition) is 0. The van der Waals surface area contributed by atoms with Crippen molar-refractivity contribution in [3.05, 3.63) is 35.6 Å². The molecule has 8 heteroatoms. The van der Waals surface area contributed by atoms with Crippen LogP contribution in [0.3, 0.4) is 0 Å². The van der Waals surface area contributed by atoms with Gasteiger partial charge in [-0.15, -0.1) is 0 Å². The zero-order valence-electron chi connectivity index (χ0n) is 15.7. The minimum Gasteiger partial charge on any atom is -0.477 e. The molecule has 1 spiro atoms. The predicted molar refractivity (Wildman–Crippen MR) is 95.4 cm³/mol. The summed E-state index contributed by atoms with van der Waals surface area (Å²) in [7, 11) is 0. The van der Waals surface area contributed by atoms with Crippen molar-refractivity contribution in [1.29, 1.82) is 0 Å². The zero-order chi connectivity index (χ0) is 18.9. The number of ether oxygens (including phenoxy) is 2. The molecule has 2 aromatic heterocycles. The molecular formula is C19H24N4O4. The Bertz CT molecular complexity index is 816. The fraction of sp³-hybridized carbons (Fsp3) is 0.579. The van der Waals surface area contributed by atoms with Gasteiger partial charge in [0.2, 0.25) is 11.6 Å². The Morgan fingerprint density at radius 2 is 2.19 bits per heavy atom. The first-order chi connectivity index (χ1) is 13.0. The Morgan fingerprint density at radius 3 is 2.93 bits per heavy atom.